The number of carbonyl (C=O) groups is 2. The Hall–Kier alpha value is -2.89. The third-order valence-corrected chi connectivity index (χ3v) is 3.13. The summed E-state index contributed by atoms with van der Waals surface area (Å²) in [4.78, 5) is 22.8. The third-order valence-electron chi connectivity index (χ3n) is 3.13. The lowest BCUT2D eigenvalue weighted by Crippen LogP contribution is -2.04. The summed E-state index contributed by atoms with van der Waals surface area (Å²) in [5.41, 5.74) is 0.359. The van der Waals surface area contributed by atoms with Gasteiger partial charge in [-0.25, -0.2) is 14.0 Å². The standard InChI is InChI=1S/C16H13FO5/c1-21-14-10(4-3-5-11(14)15(18)19)12-8-9(16(20)22-2)6-7-13(12)17/h3-8H,1-2H3,(H,18,19). The van der Waals surface area contributed by atoms with Crippen LogP contribution in [0.4, 0.5) is 4.39 Å². The topological polar surface area (TPSA) is 72.8 Å². The molecule has 0 aromatic heterocycles. The van der Waals surface area contributed by atoms with Crippen molar-refractivity contribution >= 4 is 11.9 Å². The van der Waals surface area contributed by atoms with Crippen molar-refractivity contribution in [3.63, 3.8) is 0 Å². The van der Waals surface area contributed by atoms with Gasteiger partial charge in [-0.2, -0.15) is 0 Å². The number of carboxylic acids is 1. The molecule has 0 fully saturated rings. The van der Waals surface area contributed by atoms with E-state index in [4.69, 9.17) is 4.74 Å². The average molecular weight is 304 g/mol. The van der Waals surface area contributed by atoms with Crippen molar-refractivity contribution in [3.05, 3.63) is 53.3 Å². The summed E-state index contributed by atoms with van der Waals surface area (Å²) in [5, 5.41) is 9.17. The second-order valence-electron chi connectivity index (χ2n) is 4.38. The summed E-state index contributed by atoms with van der Waals surface area (Å²) < 4.78 is 23.8. The van der Waals surface area contributed by atoms with E-state index in [2.05, 4.69) is 4.74 Å². The van der Waals surface area contributed by atoms with Crippen LogP contribution in [0.3, 0.4) is 0 Å². The molecule has 0 spiro atoms. The molecule has 2 rings (SSSR count). The van der Waals surface area contributed by atoms with E-state index in [-0.39, 0.29) is 28.0 Å². The number of ether oxygens (including phenoxy) is 2. The summed E-state index contributed by atoms with van der Waals surface area (Å²) in [7, 11) is 2.52. The van der Waals surface area contributed by atoms with Gasteiger partial charge in [0.15, 0.2) is 0 Å². The molecule has 0 aliphatic carbocycles. The Balaban J connectivity index is 2.68. The molecule has 0 aliphatic rings. The molecule has 0 atom stereocenters. The first-order valence-electron chi connectivity index (χ1n) is 6.28. The number of rotatable bonds is 4. The van der Waals surface area contributed by atoms with E-state index in [1.165, 1.54) is 44.6 Å². The highest BCUT2D eigenvalue weighted by Gasteiger charge is 2.19. The number of esters is 1. The molecule has 2 aromatic carbocycles. The fraction of sp³-hybridized carbons (Fsp3) is 0.125. The number of methoxy groups -OCH3 is 2. The maximum atomic E-state index is 14.1. The number of carboxylic acid groups (broad SMARTS) is 1. The fourth-order valence-electron chi connectivity index (χ4n) is 2.11. The lowest BCUT2D eigenvalue weighted by atomic mass is 9.99. The van der Waals surface area contributed by atoms with Crippen LogP contribution in [0.25, 0.3) is 11.1 Å². The molecule has 22 heavy (non-hydrogen) atoms. The van der Waals surface area contributed by atoms with Crippen LogP contribution in [0.2, 0.25) is 0 Å². The van der Waals surface area contributed by atoms with E-state index < -0.39 is 17.8 Å². The maximum Gasteiger partial charge on any atom is 0.339 e. The molecule has 1 N–H and O–H groups in total. The minimum absolute atomic E-state index is 0.0240. The van der Waals surface area contributed by atoms with Crippen LogP contribution in [-0.4, -0.2) is 31.3 Å². The molecule has 0 saturated heterocycles. The zero-order valence-electron chi connectivity index (χ0n) is 11.9. The predicted octanol–water partition coefficient (Wildman–Crippen LogP) is 2.99. The number of halogens is 1. The number of hydrogen-bond acceptors (Lipinski definition) is 4. The number of benzene rings is 2. The molecule has 0 heterocycles. The van der Waals surface area contributed by atoms with Gasteiger partial charge >= 0.3 is 11.9 Å². The molecule has 5 nitrogen and oxygen atoms in total. The highest BCUT2D eigenvalue weighted by Crippen LogP contribution is 2.35. The molecule has 0 aliphatic heterocycles. The summed E-state index contributed by atoms with van der Waals surface area (Å²) in [6.45, 7) is 0. The van der Waals surface area contributed by atoms with Crippen molar-refractivity contribution in [2.24, 2.45) is 0 Å². The second-order valence-corrected chi connectivity index (χ2v) is 4.38. The van der Waals surface area contributed by atoms with E-state index >= 15 is 0 Å². The van der Waals surface area contributed by atoms with Gasteiger partial charge in [0, 0.05) is 11.1 Å². The van der Waals surface area contributed by atoms with Gasteiger partial charge in [0.25, 0.3) is 0 Å². The highest BCUT2D eigenvalue weighted by molar-refractivity contribution is 5.95. The maximum absolute atomic E-state index is 14.1. The van der Waals surface area contributed by atoms with Gasteiger partial charge in [0.05, 0.1) is 19.8 Å². The molecule has 0 radical (unpaired) electrons. The Labute approximate surface area is 125 Å². The molecule has 0 saturated carbocycles. The highest BCUT2D eigenvalue weighted by atomic mass is 19.1. The van der Waals surface area contributed by atoms with Crippen LogP contribution < -0.4 is 4.74 Å². The Morgan fingerprint density at radius 3 is 2.41 bits per heavy atom. The van der Waals surface area contributed by atoms with Gasteiger partial charge in [-0.1, -0.05) is 12.1 Å². The number of para-hydroxylation sites is 1. The Morgan fingerprint density at radius 2 is 1.82 bits per heavy atom. The van der Waals surface area contributed by atoms with Crippen molar-refractivity contribution in [3.8, 4) is 16.9 Å². The summed E-state index contributed by atoms with van der Waals surface area (Å²) in [5.74, 6) is -2.39. The number of hydrogen-bond donors (Lipinski definition) is 1. The predicted molar refractivity (Wildman–Crippen MR) is 76.7 cm³/mol. The fourth-order valence-corrected chi connectivity index (χ4v) is 2.11. The zero-order chi connectivity index (χ0) is 16.3. The average Bonchev–Trinajstić information content (AvgIpc) is 2.53. The van der Waals surface area contributed by atoms with Crippen LogP contribution in [0.15, 0.2) is 36.4 Å². The zero-order valence-corrected chi connectivity index (χ0v) is 11.9. The van der Waals surface area contributed by atoms with Crippen molar-refractivity contribution in [2.75, 3.05) is 14.2 Å². The van der Waals surface area contributed by atoms with Gasteiger partial charge in [0.2, 0.25) is 0 Å². The van der Waals surface area contributed by atoms with Crippen LogP contribution in [0.1, 0.15) is 20.7 Å². The molecular weight excluding hydrogens is 291 g/mol. The molecular formula is C16H13FO5. The Bertz CT molecular complexity index is 739. The van der Waals surface area contributed by atoms with Gasteiger partial charge < -0.3 is 14.6 Å². The minimum Gasteiger partial charge on any atom is -0.495 e. The largest absolute Gasteiger partial charge is 0.495 e. The van der Waals surface area contributed by atoms with Crippen molar-refractivity contribution in [1.29, 1.82) is 0 Å². The first-order valence-corrected chi connectivity index (χ1v) is 6.28. The molecule has 0 bridgehead atoms. The van der Waals surface area contributed by atoms with E-state index in [0.29, 0.717) is 0 Å². The van der Waals surface area contributed by atoms with Crippen LogP contribution in [0, 0.1) is 5.82 Å². The number of aromatic carboxylic acids is 1. The van der Waals surface area contributed by atoms with E-state index in [1.54, 1.807) is 0 Å². The molecule has 0 amide bonds. The van der Waals surface area contributed by atoms with Gasteiger partial charge in [0.1, 0.15) is 17.1 Å². The Kier molecular flexibility index (Phi) is 4.41. The van der Waals surface area contributed by atoms with Crippen molar-refractivity contribution in [1.82, 2.24) is 0 Å². The van der Waals surface area contributed by atoms with Crippen molar-refractivity contribution in [2.45, 2.75) is 0 Å². The molecule has 6 heteroatoms. The summed E-state index contributed by atoms with van der Waals surface area (Å²) in [6, 6.07) is 8.06. The van der Waals surface area contributed by atoms with Crippen molar-refractivity contribution < 1.29 is 28.6 Å². The quantitative estimate of drug-likeness (QED) is 0.879. The lowest BCUT2D eigenvalue weighted by Gasteiger charge is -2.13. The lowest BCUT2D eigenvalue weighted by molar-refractivity contribution is 0.0599. The van der Waals surface area contributed by atoms with Crippen LogP contribution in [0.5, 0.6) is 5.75 Å². The van der Waals surface area contributed by atoms with E-state index in [9.17, 15) is 19.1 Å². The molecule has 0 unspecified atom stereocenters. The van der Waals surface area contributed by atoms with Gasteiger partial charge in [-0.15, -0.1) is 0 Å². The van der Waals surface area contributed by atoms with E-state index in [0.717, 1.165) is 6.07 Å². The van der Waals surface area contributed by atoms with E-state index in [1.807, 2.05) is 0 Å². The Morgan fingerprint density at radius 1 is 1.09 bits per heavy atom. The SMILES string of the molecule is COC(=O)c1ccc(F)c(-c2cccc(C(=O)O)c2OC)c1. The first kappa shape index (κ1) is 15.5. The third kappa shape index (κ3) is 2.76. The second kappa shape index (κ2) is 6.26. The molecule has 114 valence electrons. The van der Waals surface area contributed by atoms with Crippen LogP contribution in [-0.2, 0) is 4.74 Å². The monoisotopic (exact) mass is 304 g/mol. The van der Waals surface area contributed by atoms with Gasteiger partial charge in [-0.05, 0) is 24.3 Å². The van der Waals surface area contributed by atoms with Crippen LogP contribution >= 0.6 is 0 Å². The molecule has 2 aromatic rings. The minimum atomic E-state index is -1.19. The first-order chi connectivity index (χ1) is 10.5. The summed E-state index contributed by atoms with van der Waals surface area (Å²) in [6.07, 6.45) is 0. The normalized spacial score (nSPS) is 10.1. The summed E-state index contributed by atoms with van der Waals surface area (Å²) >= 11 is 0. The van der Waals surface area contributed by atoms with Gasteiger partial charge in [-0.3, -0.25) is 0 Å². The number of carbonyl (C=O) groups excluding carboxylic acids is 1. The smallest absolute Gasteiger partial charge is 0.339 e.